The Bertz CT molecular complexity index is 1590. The Balaban J connectivity index is 1.18. The van der Waals surface area contributed by atoms with Crippen molar-refractivity contribution in [3.8, 4) is 11.5 Å². The first-order chi connectivity index (χ1) is 19.7. The highest BCUT2D eigenvalue weighted by Crippen LogP contribution is 2.37. The lowest BCUT2D eigenvalue weighted by atomic mass is 10.2. The van der Waals surface area contributed by atoms with Crippen molar-refractivity contribution < 1.29 is 35.8 Å². The van der Waals surface area contributed by atoms with E-state index in [2.05, 4.69) is 5.32 Å². The molecule has 0 aromatic heterocycles. The standard InChI is InChI=1S/C27H28ClN3O8S2/c28-20-5-9-23(10-6-20)41(35,36)31-19-26(39-25-4-2-1-3-24(25)31)27(32)29-13-16-38-21-7-11-22(12-8-21)40(33,34)30-14-17-37-18-15-30/h1-12,26H,13-19H2,(H,29,32). The molecule has 2 aliphatic rings. The first kappa shape index (κ1) is 29.1. The summed E-state index contributed by atoms with van der Waals surface area (Å²) in [5.41, 5.74) is 0.328. The summed E-state index contributed by atoms with van der Waals surface area (Å²) >= 11 is 5.93. The van der Waals surface area contributed by atoms with Gasteiger partial charge in [-0.3, -0.25) is 9.10 Å². The van der Waals surface area contributed by atoms with Crippen molar-refractivity contribution in [2.45, 2.75) is 15.9 Å². The topological polar surface area (TPSA) is 132 Å². The van der Waals surface area contributed by atoms with Crippen LogP contribution in [0.2, 0.25) is 5.02 Å². The maximum absolute atomic E-state index is 13.5. The van der Waals surface area contributed by atoms with E-state index in [4.69, 9.17) is 25.8 Å². The van der Waals surface area contributed by atoms with Crippen molar-refractivity contribution in [1.29, 1.82) is 0 Å². The van der Waals surface area contributed by atoms with Crippen LogP contribution in [0.5, 0.6) is 11.5 Å². The van der Waals surface area contributed by atoms with E-state index >= 15 is 0 Å². The molecule has 0 radical (unpaired) electrons. The molecule has 1 unspecified atom stereocenters. The minimum absolute atomic E-state index is 0.0370. The first-order valence-corrected chi connectivity index (χ1v) is 16.0. The Morgan fingerprint density at radius 3 is 2.24 bits per heavy atom. The van der Waals surface area contributed by atoms with E-state index in [1.807, 2.05) is 0 Å². The summed E-state index contributed by atoms with van der Waals surface area (Å²) in [6, 6.07) is 18.4. The molecule has 0 bridgehead atoms. The molecule has 0 spiro atoms. The second kappa shape index (κ2) is 12.2. The van der Waals surface area contributed by atoms with Crippen LogP contribution in [0.1, 0.15) is 0 Å². The van der Waals surface area contributed by atoms with Gasteiger partial charge in [-0.25, -0.2) is 16.8 Å². The number of hydrogen-bond acceptors (Lipinski definition) is 8. The zero-order chi connectivity index (χ0) is 29.0. The summed E-state index contributed by atoms with van der Waals surface area (Å²) < 4.78 is 71.7. The maximum atomic E-state index is 13.5. The molecule has 1 atom stereocenters. The maximum Gasteiger partial charge on any atom is 0.264 e. The number of anilines is 1. The van der Waals surface area contributed by atoms with E-state index in [0.29, 0.717) is 42.8 Å². The highest BCUT2D eigenvalue weighted by molar-refractivity contribution is 7.92. The Kier molecular flexibility index (Phi) is 8.71. The fourth-order valence-corrected chi connectivity index (χ4v) is 7.41. The molecule has 11 nitrogen and oxygen atoms in total. The molecular weight excluding hydrogens is 594 g/mol. The summed E-state index contributed by atoms with van der Waals surface area (Å²) in [5.74, 6) is 0.189. The van der Waals surface area contributed by atoms with Gasteiger partial charge >= 0.3 is 0 Å². The third-order valence-electron chi connectivity index (χ3n) is 6.53. The lowest BCUT2D eigenvalue weighted by Crippen LogP contribution is -2.51. The summed E-state index contributed by atoms with van der Waals surface area (Å²) in [7, 11) is -7.61. The summed E-state index contributed by atoms with van der Waals surface area (Å²) in [5, 5.41) is 3.11. The number of carbonyl (C=O) groups is 1. The number of halogens is 1. The van der Waals surface area contributed by atoms with Crippen LogP contribution in [-0.2, 0) is 29.6 Å². The largest absolute Gasteiger partial charge is 0.492 e. The van der Waals surface area contributed by atoms with Gasteiger partial charge in [0.1, 0.15) is 18.1 Å². The van der Waals surface area contributed by atoms with Gasteiger partial charge < -0.3 is 19.5 Å². The fraction of sp³-hybridized carbons (Fsp3) is 0.296. The minimum Gasteiger partial charge on any atom is -0.492 e. The number of ether oxygens (including phenoxy) is 3. The van der Waals surface area contributed by atoms with Gasteiger partial charge in [0.25, 0.3) is 15.9 Å². The Morgan fingerprint density at radius 2 is 1.54 bits per heavy atom. The average molecular weight is 622 g/mol. The lowest BCUT2D eigenvalue weighted by molar-refractivity contribution is -0.127. The van der Waals surface area contributed by atoms with E-state index in [1.54, 1.807) is 36.4 Å². The summed E-state index contributed by atoms with van der Waals surface area (Å²) in [6.07, 6.45) is -1.10. The Morgan fingerprint density at radius 1 is 0.902 bits per heavy atom. The van der Waals surface area contributed by atoms with Crippen LogP contribution in [0.4, 0.5) is 5.69 Å². The molecule has 2 heterocycles. The zero-order valence-corrected chi connectivity index (χ0v) is 24.2. The number of nitrogens with one attached hydrogen (secondary N) is 1. The number of nitrogens with zero attached hydrogens (tertiary/aromatic N) is 2. The predicted octanol–water partition coefficient (Wildman–Crippen LogP) is 2.51. The molecule has 41 heavy (non-hydrogen) atoms. The van der Waals surface area contributed by atoms with Gasteiger partial charge in [0, 0.05) is 18.1 Å². The highest BCUT2D eigenvalue weighted by atomic mass is 35.5. The second-order valence-electron chi connectivity index (χ2n) is 9.19. The van der Waals surface area contributed by atoms with Crippen molar-refractivity contribution in [2.24, 2.45) is 0 Å². The fourth-order valence-electron chi connectivity index (χ4n) is 4.40. The second-order valence-corrected chi connectivity index (χ2v) is 13.4. The molecule has 14 heteroatoms. The molecule has 1 saturated heterocycles. The molecule has 0 aliphatic carbocycles. The summed E-state index contributed by atoms with van der Waals surface area (Å²) in [4.78, 5) is 13.2. The summed E-state index contributed by atoms with van der Waals surface area (Å²) in [6.45, 7) is 1.31. The van der Waals surface area contributed by atoms with Gasteiger partial charge in [0.15, 0.2) is 6.10 Å². The number of hydrogen-bond donors (Lipinski definition) is 1. The molecule has 2 aliphatic heterocycles. The molecule has 1 N–H and O–H groups in total. The Labute approximate surface area is 243 Å². The van der Waals surface area contributed by atoms with E-state index in [-0.39, 0.29) is 35.2 Å². The number of benzene rings is 3. The van der Waals surface area contributed by atoms with Crippen molar-refractivity contribution in [1.82, 2.24) is 9.62 Å². The van der Waals surface area contributed by atoms with Gasteiger partial charge in [0.05, 0.1) is 41.8 Å². The van der Waals surface area contributed by atoms with Gasteiger partial charge in [-0.2, -0.15) is 4.31 Å². The van der Waals surface area contributed by atoms with Crippen LogP contribution in [0.3, 0.4) is 0 Å². The molecule has 0 saturated carbocycles. The predicted molar refractivity (Wildman–Crippen MR) is 151 cm³/mol. The normalized spacial score (nSPS) is 17.8. The van der Waals surface area contributed by atoms with Crippen molar-refractivity contribution in [3.63, 3.8) is 0 Å². The molecule has 1 fully saturated rings. The third-order valence-corrected chi connectivity index (χ3v) is 10.5. The first-order valence-electron chi connectivity index (χ1n) is 12.8. The van der Waals surface area contributed by atoms with Gasteiger partial charge in [-0.1, -0.05) is 23.7 Å². The van der Waals surface area contributed by atoms with Crippen molar-refractivity contribution in [2.75, 3.05) is 50.3 Å². The molecule has 218 valence electrons. The van der Waals surface area contributed by atoms with Crippen LogP contribution < -0.4 is 19.1 Å². The van der Waals surface area contributed by atoms with Crippen LogP contribution in [0.15, 0.2) is 82.6 Å². The smallest absolute Gasteiger partial charge is 0.264 e. The van der Waals surface area contributed by atoms with Crippen LogP contribution in [-0.4, -0.2) is 79.2 Å². The van der Waals surface area contributed by atoms with E-state index in [9.17, 15) is 21.6 Å². The van der Waals surface area contributed by atoms with E-state index < -0.39 is 32.1 Å². The van der Waals surface area contributed by atoms with E-state index in [0.717, 1.165) is 4.31 Å². The number of carbonyl (C=O) groups excluding carboxylic acids is 1. The number of para-hydroxylation sites is 2. The SMILES string of the molecule is O=C(NCCOc1ccc(S(=O)(=O)N2CCOCC2)cc1)C1CN(S(=O)(=O)c2ccc(Cl)cc2)c2ccccc2O1. The van der Waals surface area contributed by atoms with Crippen LogP contribution >= 0.6 is 11.6 Å². The molecule has 5 rings (SSSR count). The van der Waals surface area contributed by atoms with Gasteiger partial charge in [0.2, 0.25) is 10.0 Å². The van der Waals surface area contributed by atoms with Crippen molar-refractivity contribution >= 4 is 43.2 Å². The van der Waals surface area contributed by atoms with Crippen LogP contribution in [0.25, 0.3) is 0 Å². The quantitative estimate of drug-likeness (QED) is 0.361. The Hall–Kier alpha value is -3.36. The van der Waals surface area contributed by atoms with Crippen LogP contribution in [0, 0.1) is 0 Å². The monoisotopic (exact) mass is 621 g/mol. The molecule has 3 aromatic carbocycles. The van der Waals surface area contributed by atoms with E-state index in [1.165, 1.54) is 40.7 Å². The number of rotatable bonds is 9. The number of morpholine rings is 1. The average Bonchev–Trinajstić information content (AvgIpc) is 2.99. The highest BCUT2D eigenvalue weighted by Gasteiger charge is 2.37. The minimum atomic E-state index is -4.00. The zero-order valence-electron chi connectivity index (χ0n) is 21.8. The molecule has 1 amide bonds. The van der Waals surface area contributed by atoms with Crippen molar-refractivity contribution in [3.05, 3.63) is 77.8 Å². The third kappa shape index (κ3) is 6.44. The molecule has 3 aromatic rings. The lowest BCUT2D eigenvalue weighted by Gasteiger charge is -2.34. The van der Waals surface area contributed by atoms with Gasteiger partial charge in [-0.15, -0.1) is 0 Å². The molecular formula is C27H28ClN3O8S2. The number of amides is 1. The number of sulfonamides is 2. The number of fused-ring (bicyclic) bond motifs is 1. The van der Waals surface area contributed by atoms with Gasteiger partial charge in [-0.05, 0) is 60.7 Å².